The van der Waals surface area contributed by atoms with E-state index in [1.165, 1.54) is 12.1 Å². The monoisotopic (exact) mass is 366 g/mol. The first-order valence-corrected chi connectivity index (χ1v) is 8.68. The van der Waals surface area contributed by atoms with Gasteiger partial charge in [-0.1, -0.05) is 24.3 Å². The number of nitrogens with zero attached hydrogens (tertiary/aromatic N) is 3. The summed E-state index contributed by atoms with van der Waals surface area (Å²) in [7, 11) is 0. The van der Waals surface area contributed by atoms with Gasteiger partial charge in [-0.3, -0.25) is 10.00 Å². The third kappa shape index (κ3) is 3.41. The lowest BCUT2D eigenvalue weighted by Gasteiger charge is -2.22. The number of hydrogen-bond acceptors (Lipinski definition) is 3. The maximum Gasteiger partial charge on any atom is 0.325 e. The van der Waals surface area contributed by atoms with Gasteiger partial charge in [0.25, 0.3) is 0 Å². The van der Waals surface area contributed by atoms with Gasteiger partial charge in [-0.2, -0.15) is 5.10 Å². The number of aromatic nitrogens is 2. The van der Waals surface area contributed by atoms with E-state index in [1.807, 2.05) is 24.3 Å². The zero-order chi connectivity index (χ0) is 18.8. The Morgan fingerprint density at radius 3 is 2.67 bits per heavy atom. The Labute approximate surface area is 155 Å². The first-order chi connectivity index (χ1) is 13.2. The Kier molecular flexibility index (Phi) is 4.60. The summed E-state index contributed by atoms with van der Waals surface area (Å²) in [4.78, 5) is 16.1. The topological polar surface area (TPSA) is 72.5 Å². The van der Waals surface area contributed by atoms with E-state index in [9.17, 15) is 14.3 Å². The quantitative estimate of drug-likeness (QED) is 0.729. The molecule has 0 radical (unpaired) electrons. The predicted molar refractivity (Wildman–Crippen MR) is 99.6 cm³/mol. The fraction of sp³-hybridized carbons (Fsp3) is 0.200. The number of halogens is 1. The first kappa shape index (κ1) is 17.2. The SMILES string of the molecule is O=C1N(Cc2cccc(F)c2)CC(CO)N1c1ccc(-c2cn[nH]c2)cc1. The number of urea groups is 1. The minimum Gasteiger partial charge on any atom is -0.394 e. The van der Waals surface area contributed by atoms with E-state index in [0.29, 0.717) is 18.8 Å². The predicted octanol–water partition coefficient (Wildman–Crippen LogP) is 3.02. The van der Waals surface area contributed by atoms with Gasteiger partial charge in [0.15, 0.2) is 0 Å². The van der Waals surface area contributed by atoms with Gasteiger partial charge in [0, 0.05) is 30.5 Å². The molecule has 2 amide bonds. The minimum absolute atomic E-state index is 0.144. The van der Waals surface area contributed by atoms with Gasteiger partial charge >= 0.3 is 6.03 Å². The molecule has 2 aromatic carbocycles. The van der Waals surface area contributed by atoms with Crippen molar-refractivity contribution in [2.45, 2.75) is 12.6 Å². The summed E-state index contributed by atoms with van der Waals surface area (Å²) < 4.78 is 13.4. The molecule has 2 heterocycles. The molecule has 0 saturated carbocycles. The normalized spacial score (nSPS) is 17.0. The molecule has 0 aliphatic carbocycles. The number of carbonyl (C=O) groups excluding carboxylic acids is 1. The first-order valence-electron chi connectivity index (χ1n) is 8.68. The Morgan fingerprint density at radius 2 is 2.00 bits per heavy atom. The van der Waals surface area contributed by atoms with Crippen LogP contribution in [0.4, 0.5) is 14.9 Å². The van der Waals surface area contributed by atoms with E-state index in [1.54, 1.807) is 34.3 Å². The zero-order valence-electron chi connectivity index (χ0n) is 14.5. The molecular formula is C20H19FN4O2. The fourth-order valence-electron chi connectivity index (χ4n) is 3.39. The Hall–Kier alpha value is -3.19. The average molecular weight is 366 g/mol. The van der Waals surface area contributed by atoms with Crippen LogP contribution >= 0.6 is 0 Å². The molecule has 1 atom stereocenters. The largest absolute Gasteiger partial charge is 0.394 e. The molecule has 1 unspecified atom stereocenters. The molecule has 138 valence electrons. The van der Waals surface area contributed by atoms with Crippen LogP contribution in [0, 0.1) is 5.82 Å². The highest BCUT2D eigenvalue weighted by atomic mass is 19.1. The summed E-state index contributed by atoms with van der Waals surface area (Å²) in [5.41, 5.74) is 3.38. The van der Waals surface area contributed by atoms with Crippen molar-refractivity contribution in [2.24, 2.45) is 0 Å². The highest BCUT2D eigenvalue weighted by Crippen LogP contribution is 2.28. The lowest BCUT2D eigenvalue weighted by Crippen LogP contribution is -2.36. The Morgan fingerprint density at radius 1 is 1.19 bits per heavy atom. The van der Waals surface area contributed by atoms with Crippen molar-refractivity contribution < 1.29 is 14.3 Å². The molecule has 4 rings (SSSR count). The van der Waals surface area contributed by atoms with E-state index in [-0.39, 0.29) is 24.5 Å². The second-order valence-electron chi connectivity index (χ2n) is 6.53. The second-order valence-corrected chi connectivity index (χ2v) is 6.53. The molecule has 27 heavy (non-hydrogen) atoms. The molecule has 0 spiro atoms. The number of aliphatic hydroxyl groups excluding tert-OH is 1. The maximum absolute atomic E-state index is 13.4. The van der Waals surface area contributed by atoms with Crippen molar-refractivity contribution in [3.63, 3.8) is 0 Å². The Bertz CT molecular complexity index is 927. The second kappa shape index (κ2) is 7.20. The van der Waals surface area contributed by atoms with Gasteiger partial charge in [-0.25, -0.2) is 9.18 Å². The zero-order valence-corrected chi connectivity index (χ0v) is 14.5. The van der Waals surface area contributed by atoms with Gasteiger partial charge in [-0.05, 0) is 35.4 Å². The third-order valence-corrected chi connectivity index (χ3v) is 4.72. The number of carbonyl (C=O) groups is 1. The van der Waals surface area contributed by atoms with Crippen LogP contribution in [-0.4, -0.2) is 45.4 Å². The number of benzene rings is 2. The van der Waals surface area contributed by atoms with E-state index in [4.69, 9.17) is 0 Å². The number of amides is 2. The van der Waals surface area contributed by atoms with E-state index < -0.39 is 0 Å². The number of aromatic amines is 1. The number of aliphatic hydroxyl groups is 1. The summed E-state index contributed by atoms with van der Waals surface area (Å²) in [6.45, 7) is 0.543. The molecule has 1 saturated heterocycles. The Balaban J connectivity index is 1.55. The summed E-state index contributed by atoms with van der Waals surface area (Å²) in [5, 5.41) is 16.5. The van der Waals surface area contributed by atoms with Crippen molar-refractivity contribution in [3.05, 3.63) is 72.3 Å². The van der Waals surface area contributed by atoms with E-state index >= 15 is 0 Å². The van der Waals surface area contributed by atoms with E-state index in [2.05, 4.69) is 10.2 Å². The minimum atomic E-state index is -0.342. The molecule has 2 N–H and O–H groups in total. The number of rotatable bonds is 5. The lowest BCUT2D eigenvalue weighted by atomic mass is 10.1. The molecule has 0 bridgehead atoms. The van der Waals surface area contributed by atoms with Crippen molar-refractivity contribution in [3.8, 4) is 11.1 Å². The van der Waals surface area contributed by atoms with Gasteiger partial charge in [0.1, 0.15) is 5.82 Å². The van der Waals surface area contributed by atoms with Crippen LogP contribution in [0.3, 0.4) is 0 Å². The highest BCUT2D eigenvalue weighted by Gasteiger charge is 2.37. The molecule has 3 aromatic rings. The molecule has 1 aromatic heterocycles. The third-order valence-electron chi connectivity index (χ3n) is 4.72. The van der Waals surface area contributed by atoms with Crippen LogP contribution in [-0.2, 0) is 6.54 Å². The van der Waals surface area contributed by atoms with Crippen molar-refractivity contribution in [2.75, 3.05) is 18.1 Å². The van der Waals surface area contributed by atoms with Gasteiger partial charge in [-0.15, -0.1) is 0 Å². The number of nitrogens with one attached hydrogen (secondary N) is 1. The summed E-state index contributed by atoms with van der Waals surface area (Å²) in [6, 6.07) is 13.2. The molecule has 1 aliphatic rings. The molecular weight excluding hydrogens is 347 g/mol. The summed E-state index contributed by atoms with van der Waals surface area (Å²) >= 11 is 0. The van der Waals surface area contributed by atoms with Crippen molar-refractivity contribution in [1.82, 2.24) is 15.1 Å². The van der Waals surface area contributed by atoms with Crippen LogP contribution in [0.1, 0.15) is 5.56 Å². The molecule has 6 nitrogen and oxygen atoms in total. The molecule has 7 heteroatoms. The lowest BCUT2D eigenvalue weighted by molar-refractivity contribution is 0.217. The van der Waals surface area contributed by atoms with Crippen LogP contribution < -0.4 is 4.90 Å². The van der Waals surface area contributed by atoms with E-state index in [0.717, 1.165) is 16.7 Å². The number of anilines is 1. The smallest absolute Gasteiger partial charge is 0.325 e. The van der Waals surface area contributed by atoms with Gasteiger partial charge in [0.2, 0.25) is 0 Å². The number of hydrogen-bond donors (Lipinski definition) is 2. The summed E-state index contributed by atoms with van der Waals surface area (Å²) in [5.74, 6) is -0.329. The van der Waals surface area contributed by atoms with Gasteiger partial charge < -0.3 is 10.0 Å². The van der Waals surface area contributed by atoms with Crippen LogP contribution in [0.25, 0.3) is 11.1 Å². The maximum atomic E-state index is 13.4. The standard InChI is InChI=1S/C20H19FN4O2/c21-17-3-1-2-14(8-17)11-24-12-19(13-26)25(20(24)27)18-6-4-15(5-7-18)16-9-22-23-10-16/h1-10,19,26H,11-13H2,(H,22,23). The molecule has 1 aliphatic heterocycles. The van der Waals surface area contributed by atoms with Gasteiger partial charge in [0.05, 0.1) is 18.8 Å². The summed E-state index contributed by atoms with van der Waals surface area (Å²) in [6.07, 6.45) is 3.53. The van der Waals surface area contributed by atoms with Crippen molar-refractivity contribution in [1.29, 1.82) is 0 Å². The number of H-pyrrole nitrogens is 1. The van der Waals surface area contributed by atoms with Crippen molar-refractivity contribution >= 4 is 11.7 Å². The molecule has 1 fully saturated rings. The average Bonchev–Trinajstić information content (AvgIpc) is 3.31. The fourth-order valence-corrected chi connectivity index (χ4v) is 3.39. The van der Waals surface area contributed by atoms with Crippen LogP contribution in [0.15, 0.2) is 60.9 Å². The van der Waals surface area contributed by atoms with Crippen LogP contribution in [0.5, 0.6) is 0 Å². The van der Waals surface area contributed by atoms with Crippen LogP contribution in [0.2, 0.25) is 0 Å². The highest BCUT2D eigenvalue weighted by molar-refractivity contribution is 5.95.